The first kappa shape index (κ1) is 27.9. The van der Waals surface area contributed by atoms with Crippen molar-refractivity contribution in [1.82, 2.24) is 24.8 Å². The van der Waals surface area contributed by atoms with Gasteiger partial charge >= 0.3 is 0 Å². The summed E-state index contributed by atoms with van der Waals surface area (Å²) in [6.07, 6.45) is 7.34. The molecular weight excluding hydrogens is 494 g/mol. The van der Waals surface area contributed by atoms with Crippen LogP contribution in [0, 0.1) is 11.6 Å². The van der Waals surface area contributed by atoms with E-state index in [-0.39, 0.29) is 18.2 Å². The zero-order chi connectivity index (χ0) is 27.1. The topological polar surface area (TPSA) is 84.2 Å². The number of unbranched alkanes of at least 4 members (excludes halogenated alkanes) is 2. The Balaban J connectivity index is 1.34. The van der Waals surface area contributed by atoms with E-state index in [0.717, 1.165) is 44.4 Å². The highest BCUT2D eigenvalue weighted by Crippen LogP contribution is 2.36. The maximum Gasteiger partial charge on any atom is 0.256 e. The number of likely N-dealkylation sites (N-methyl/N-ethyl adjacent to an activating group) is 1. The third-order valence-corrected chi connectivity index (χ3v) is 6.95. The Hall–Kier alpha value is -3.15. The van der Waals surface area contributed by atoms with E-state index in [1.807, 2.05) is 11.9 Å². The maximum absolute atomic E-state index is 14.5. The lowest BCUT2D eigenvalue weighted by molar-refractivity contribution is -0.113. The van der Waals surface area contributed by atoms with Crippen molar-refractivity contribution >= 4 is 17.4 Å². The van der Waals surface area contributed by atoms with Crippen LogP contribution in [0.15, 0.2) is 36.7 Å². The van der Waals surface area contributed by atoms with Gasteiger partial charge < -0.3 is 24.6 Å². The van der Waals surface area contributed by atoms with Gasteiger partial charge in [0.05, 0.1) is 12.2 Å². The lowest BCUT2D eigenvalue weighted by Gasteiger charge is -2.26. The Labute approximate surface area is 221 Å². The van der Waals surface area contributed by atoms with Gasteiger partial charge in [-0.1, -0.05) is 6.42 Å². The van der Waals surface area contributed by atoms with E-state index in [9.17, 15) is 13.6 Å². The van der Waals surface area contributed by atoms with Crippen molar-refractivity contribution in [3.05, 3.63) is 59.4 Å². The molecule has 1 aromatic carbocycles. The number of ether oxygens (including phenoxy) is 2. The number of benzene rings is 1. The summed E-state index contributed by atoms with van der Waals surface area (Å²) >= 11 is 0. The van der Waals surface area contributed by atoms with Crippen molar-refractivity contribution in [2.75, 3.05) is 52.3 Å². The van der Waals surface area contributed by atoms with E-state index in [1.165, 1.54) is 12.3 Å². The van der Waals surface area contributed by atoms with Gasteiger partial charge in [-0.15, -0.1) is 0 Å². The number of aromatic nitrogens is 3. The Morgan fingerprint density at radius 3 is 2.82 bits per heavy atom. The van der Waals surface area contributed by atoms with Gasteiger partial charge in [0.1, 0.15) is 23.0 Å². The molecule has 0 saturated carbocycles. The minimum Gasteiger partial charge on any atom is -0.355 e. The van der Waals surface area contributed by atoms with Crippen LogP contribution >= 0.6 is 0 Å². The quantitative estimate of drug-likeness (QED) is 0.266. The third-order valence-electron chi connectivity index (χ3n) is 6.95. The number of hydrogen-bond donors (Lipinski definition) is 1. The lowest BCUT2D eigenvalue weighted by atomic mass is 10.0. The number of anilines is 1. The summed E-state index contributed by atoms with van der Waals surface area (Å²) in [6.45, 7) is 2.81. The van der Waals surface area contributed by atoms with E-state index in [0.29, 0.717) is 48.6 Å². The SMILES string of the molecule is COC(CN(C)CCCCCNC(=O)c1cnn2ccc(N3CCC[C@@H]3c3cc(F)ccc3F)nc12)OC. The van der Waals surface area contributed by atoms with Gasteiger partial charge in [0.15, 0.2) is 11.9 Å². The predicted molar refractivity (Wildman–Crippen MR) is 140 cm³/mol. The fraction of sp³-hybridized carbons (Fsp3) is 0.519. The summed E-state index contributed by atoms with van der Waals surface area (Å²) in [5, 5.41) is 7.23. The average molecular weight is 531 g/mol. The molecule has 9 nitrogen and oxygen atoms in total. The van der Waals surface area contributed by atoms with Crippen LogP contribution in [0.25, 0.3) is 5.65 Å². The molecule has 1 aliphatic rings. The number of methoxy groups -OCH3 is 2. The van der Waals surface area contributed by atoms with E-state index in [1.54, 1.807) is 31.0 Å². The normalized spacial score (nSPS) is 15.8. The lowest BCUT2D eigenvalue weighted by Crippen LogP contribution is -2.32. The Bertz CT molecular complexity index is 1220. The molecule has 0 aliphatic carbocycles. The first-order chi connectivity index (χ1) is 18.4. The fourth-order valence-electron chi connectivity index (χ4n) is 4.89. The van der Waals surface area contributed by atoms with E-state index < -0.39 is 11.6 Å². The second-order valence-electron chi connectivity index (χ2n) is 9.61. The van der Waals surface area contributed by atoms with Crippen molar-refractivity contribution in [3.63, 3.8) is 0 Å². The van der Waals surface area contributed by atoms with Crippen LogP contribution < -0.4 is 10.2 Å². The number of hydrogen-bond acceptors (Lipinski definition) is 7. The van der Waals surface area contributed by atoms with Gasteiger partial charge in [-0.3, -0.25) is 4.79 Å². The molecular formula is C27H36F2N6O3. The first-order valence-electron chi connectivity index (χ1n) is 13.0. The third kappa shape index (κ3) is 6.64. The molecule has 0 unspecified atom stereocenters. The highest BCUT2D eigenvalue weighted by molar-refractivity contribution is 5.99. The number of nitrogens with one attached hydrogen (secondary N) is 1. The average Bonchev–Trinajstić information content (AvgIpc) is 3.57. The highest BCUT2D eigenvalue weighted by Gasteiger charge is 2.30. The van der Waals surface area contributed by atoms with Crippen molar-refractivity contribution in [3.8, 4) is 0 Å². The van der Waals surface area contributed by atoms with Crippen molar-refractivity contribution in [1.29, 1.82) is 0 Å². The number of nitrogens with zero attached hydrogens (tertiary/aromatic N) is 5. The molecule has 4 rings (SSSR count). The molecule has 3 heterocycles. The Kier molecular flexibility index (Phi) is 9.59. The van der Waals surface area contributed by atoms with Crippen molar-refractivity contribution in [2.45, 2.75) is 44.4 Å². The first-order valence-corrected chi connectivity index (χ1v) is 13.0. The molecule has 0 spiro atoms. The van der Waals surface area contributed by atoms with Crippen LogP contribution in [-0.2, 0) is 9.47 Å². The Morgan fingerprint density at radius 1 is 1.21 bits per heavy atom. The van der Waals surface area contributed by atoms with Crippen LogP contribution in [0.3, 0.4) is 0 Å². The largest absolute Gasteiger partial charge is 0.355 e. The van der Waals surface area contributed by atoms with Crippen LogP contribution in [-0.4, -0.2) is 79.1 Å². The van der Waals surface area contributed by atoms with Gasteiger partial charge in [0.25, 0.3) is 5.91 Å². The smallest absolute Gasteiger partial charge is 0.256 e. The molecule has 1 fully saturated rings. The fourth-order valence-corrected chi connectivity index (χ4v) is 4.89. The van der Waals surface area contributed by atoms with Crippen molar-refractivity contribution < 1.29 is 23.0 Å². The Morgan fingerprint density at radius 2 is 2.03 bits per heavy atom. The van der Waals surface area contributed by atoms with Gasteiger partial charge in [-0.05, 0) is 63.5 Å². The predicted octanol–water partition coefficient (Wildman–Crippen LogP) is 3.80. The number of rotatable bonds is 13. The molecule has 0 bridgehead atoms. The molecule has 1 N–H and O–H groups in total. The van der Waals surface area contributed by atoms with E-state index in [2.05, 4.69) is 15.3 Å². The van der Waals surface area contributed by atoms with Crippen LogP contribution in [0.2, 0.25) is 0 Å². The summed E-state index contributed by atoms with van der Waals surface area (Å²) in [6, 6.07) is 5.00. The minimum absolute atomic E-state index is 0.237. The second-order valence-corrected chi connectivity index (χ2v) is 9.61. The maximum atomic E-state index is 14.5. The van der Waals surface area contributed by atoms with Gasteiger partial charge in [0.2, 0.25) is 0 Å². The summed E-state index contributed by atoms with van der Waals surface area (Å²) in [5.74, 6) is -0.538. The zero-order valence-corrected chi connectivity index (χ0v) is 22.2. The van der Waals surface area contributed by atoms with Gasteiger partial charge in [-0.25, -0.2) is 18.3 Å². The monoisotopic (exact) mass is 530 g/mol. The van der Waals surface area contributed by atoms with E-state index >= 15 is 0 Å². The zero-order valence-electron chi connectivity index (χ0n) is 22.2. The van der Waals surface area contributed by atoms with E-state index in [4.69, 9.17) is 14.5 Å². The standard InChI is InChI=1S/C27H36F2N6O3/c1-33(18-25(37-2)38-3)13-6-4-5-12-30-27(36)21-17-31-35-15-11-24(32-26(21)35)34-14-7-8-23(34)20-16-19(28)9-10-22(20)29/h9-11,15-17,23,25H,4-8,12-14,18H2,1-3H3,(H,30,36)/t23-/m1/s1. The van der Waals surface area contributed by atoms with Crippen LogP contribution in [0.5, 0.6) is 0 Å². The molecule has 1 saturated heterocycles. The molecule has 1 amide bonds. The summed E-state index contributed by atoms with van der Waals surface area (Å²) in [7, 11) is 5.28. The summed E-state index contributed by atoms with van der Waals surface area (Å²) in [4.78, 5) is 21.7. The number of fused-ring (bicyclic) bond motifs is 1. The molecule has 3 aromatic rings. The second kappa shape index (κ2) is 13.1. The molecule has 11 heteroatoms. The van der Waals surface area contributed by atoms with Crippen LogP contribution in [0.4, 0.5) is 14.6 Å². The number of carbonyl (C=O) groups excluding carboxylic acids is 1. The molecule has 1 atom stereocenters. The number of halogens is 2. The summed E-state index contributed by atoms with van der Waals surface area (Å²) < 4.78 is 40.4. The molecule has 0 radical (unpaired) electrons. The molecule has 206 valence electrons. The summed E-state index contributed by atoms with van der Waals surface area (Å²) in [5.41, 5.74) is 1.13. The minimum atomic E-state index is -0.468. The van der Waals surface area contributed by atoms with Crippen LogP contribution in [0.1, 0.15) is 54.1 Å². The van der Waals surface area contributed by atoms with Gasteiger partial charge in [0, 0.05) is 45.6 Å². The van der Waals surface area contributed by atoms with Gasteiger partial charge in [-0.2, -0.15) is 5.10 Å². The molecule has 38 heavy (non-hydrogen) atoms. The highest BCUT2D eigenvalue weighted by atomic mass is 19.1. The molecule has 2 aromatic heterocycles. The van der Waals surface area contributed by atoms with Crippen molar-refractivity contribution in [2.24, 2.45) is 0 Å². The molecule has 1 aliphatic heterocycles. The number of carbonyl (C=O) groups is 1. The number of amides is 1.